The Morgan fingerprint density at radius 3 is 2.68 bits per heavy atom. The van der Waals surface area contributed by atoms with Gasteiger partial charge in [0.15, 0.2) is 0 Å². The van der Waals surface area contributed by atoms with Crippen LogP contribution >= 0.6 is 0 Å². The predicted octanol–water partition coefficient (Wildman–Crippen LogP) is 4.94. The van der Waals surface area contributed by atoms with Crippen molar-refractivity contribution in [3.8, 4) is 11.5 Å². The summed E-state index contributed by atoms with van der Waals surface area (Å²) in [6.07, 6.45) is 4.25. The highest BCUT2D eigenvalue weighted by atomic mass is 16.5. The van der Waals surface area contributed by atoms with Crippen LogP contribution < -0.4 is 10.1 Å². The average Bonchev–Trinajstić information content (AvgIpc) is 3.41. The van der Waals surface area contributed by atoms with Crippen molar-refractivity contribution in [1.29, 1.82) is 0 Å². The molecule has 7 nitrogen and oxygen atoms in total. The van der Waals surface area contributed by atoms with Crippen molar-refractivity contribution in [2.24, 2.45) is 5.92 Å². The summed E-state index contributed by atoms with van der Waals surface area (Å²) in [5.74, 6) is 0.742. The summed E-state index contributed by atoms with van der Waals surface area (Å²) >= 11 is 0. The number of benzene rings is 3. The lowest BCUT2D eigenvalue weighted by Crippen LogP contribution is -2.25. The van der Waals surface area contributed by atoms with Gasteiger partial charge in [-0.1, -0.05) is 42.5 Å². The number of likely N-dealkylation sites (tertiary alicyclic amines) is 1. The molecule has 1 atom stereocenters. The molecule has 2 amide bonds. The third-order valence-corrected chi connectivity index (χ3v) is 5.85. The number of carbonyl (C=O) groups excluding carboxylic acids is 2. The van der Waals surface area contributed by atoms with E-state index >= 15 is 0 Å². The minimum atomic E-state index is -0.338. The van der Waals surface area contributed by atoms with Crippen LogP contribution in [0, 0.1) is 5.92 Å². The van der Waals surface area contributed by atoms with Crippen LogP contribution in [0.3, 0.4) is 0 Å². The molecule has 1 aromatic heterocycles. The predicted molar refractivity (Wildman–Crippen MR) is 132 cm³/mol. The van der Waals surface area contributed by atoms with Gasteiger partial charge in [-0.05, 0) is 35.9 Å². The molecule has 5 rings (SSSR count). The first-order valence-electron chi connectivity index (χ1n) is 11.1. The molecule has 1 aliphatic rings. The topological polar surface area (TPSA) is 87.3 Å². The first-order valence-corrected chi connectivity index (χ1v) is 11.1. The molecule has 0 bridgehead atoms. The maximum atomic E-state index is 12.5. The van der Waals surface area contributed by atoms with E-state index in [4.69, 9.17) is 4.74 Å². The molecule has 3 aromatic carbocycles. The van der Waals surface area contributed by atoms with Gasteiger partial charge in [0.25, 0.3) is 0 Å². The van der Waals surface area contributed by atoms with Gasteiger partial charge in [0.2, 0.25) is 11.8 Å². The highest BCUT2D eigenvalue weighted by molar-refractivity contribution is 5.97. The molecule has 1 aliphatic heterocycles. The maximum absolute atomic E-state index is 12.5. The number of fused-ring (bicyclic) bond motifs is 1. The van der Waals surface area contributed by atoms with Crippen LogP contribution in [0.2, 0.25) is 0 Å². The standard InChI is InChI=1S/C27H24N4O3/c1-31-17-19(14-26(31)32)27(33)28-20-8-5-9-21(15-20)34-22-11-12-23-24(29-30-25(23)16-22)13-10-18-6-3-2-4-7-18/h2-13,15-16,19H,14,17H2,1H3,(H,28,33)(H,29,30)/b13-10+. The lowest BCUT2D eigenvalue weighted by atomic mass is 10.1. The minimum absolute atomic E-state index is 0.00912. The van der Waals surface area contributed by atoms with E-state index in [2.05, 4.69) is 15.5 Å². The van der Waals surface area contributed by atoms with Crippen molar-refractivity contribution in [2.75, 3.05) is 18.9 Å². The number of anilines is 1. The third kappa shape index (κ3) is 4.68. The molecule has 0 saturated carbocycles. The normalized spacial score (nSPS) is 15.9. The fourth-order valence-corrected chi connectivity index (χ4v) is 4.01. The Labute approximate surface area is 197 Å². The Bertz CT molecular complexity index is 1380. The van der Waals surface area contributed by atoms with Crippen LogP contribution in [0.5, 0.6) is 11.5 Å². The highest BCUT2D eigenvalue weighted by Gasteiger charge is 2.32. The van der Waals surface area contributed by atoms with E-state index in [-0.39, 0.29) is 24.2 Å². The third-order valence-electron chi connectivity index (χ3n) is 5.85. The number of hydrogen-bond acceptors (Lipinski definition) is 4. The van der Waals surface area contributed by atoms with Crippen molar-refractivity contribution in [2.45, 2.75) is 6.42 Å². The fourth-order valence-electron chi connectivity index (χ4n) is 4.01. The number of aromatic amines is 1. The molecular weight excluding hydrogens is 428 g/mol. The maximum Gasteiger partial charge on any atom is 0.229 e. The first kappa shape index (κ1) is 21.5. The second kappa shape index (κ2) is 9.23. The van der Waals surface area contributed by atoms with Gasteiger partial charge >= 0.3 is 0 Å². The van der Waals surface area contributed by atoms with Gasteiger partial charge in [0.1, 0.15) is 11.5 Å². The highest BCUT2D eigenvalue weighted by Crippen LogP contribution is 2.29. The average molecular weight is 453 g/mol. The Kier molecular flexibility index (Phi) is 5.82. The minimum Gasteiger partial charge on any atom is -0.457 e. The molecule has 4 aromatic rings. The summed E-state index contributed by atoms with van der Waals surface area (Å²) < 4.78 is 6.03. The van der Waals surface area contributed by atoms with Gasteiger partial charge in [-0.15, -0.1) is 0 Å². The number of amides is 2. The number of nitrogens with one attached hydrogen (secondary N) is 2. The second-order valence-electron chi connectivity index (χ2n) is 8.35. The lowest BCUT2D eigenvalue weighted by Gasteiger charge is -2.12. The lowest BCUT2D eigenvalue weighted by molar-refractivity contribution is -0.127. The Balaban J connectivity index is 1.27. The van der Waals surface area contributed by atoms with Crippen LogP contribution in [0.4, 0.5) is 5.69 Å². The summed E-state index contributed by atoms with van der Waals surface area (Å²) in [6.45, 7) is 0.438. The zero-order chi connectivity index (χ0) is 23.5. The second-order valence-corrected chi connectivity index (χ2v) is 8.35. The van der Waals surface area contributed by atoms with Crippen molar-refractivity contribution in [1.82, 2.24) is 15.1 Å². The molecule has 170 valence electrons. The van der Waals surface area contributed by atoms with Gasteiger partial charge in [-0.25, -0.2) is 0 Å². The fraction of sp³-hybridized carbons (Fsp3) is 0.148. The summed E-state index contributed by atoms with van der Waals surface area (Å²) in [5, 5.41) is 11.4. The van der Waals surface area contributed by atoms with E-state index in [1.54, 1.807) is 24.1 Å². The van der Waals surface area contributed by atoms with Crippen LogP contribution in [-0.2, 0) is 9.59 Å². The van der Waals surface area contributed by atoms with Crippen LogP contribution in [0.25, 0.3) is 23.1 Å². The molecule has 2 heterocycles. The molecule has 2 N–H and O–H groups in total. The molecule has 0 radical (unpaired) electrons. The zero-order valence-corrected chi connectivity index (χ0v) is 18.7. The molecule has 1 saturated heterocycles. The van der Waals surface area contributed by atoms with E-state index in [0.29, 0.717) is 23.7 Å². The molecule has 0 aliphatic carbocycles. The SMILES string of the molecule is CN1CC(C(=O)Nc2cccc(Oc3ccc4c(/C=C/c5ccccc5)n[nH]c4c3)c2)CC1=O. The molecule has 0 spiro atoms. The van der Waals surface area contributed by atoms with Gasteiger partial charge in [-0.3, -0.25) is 14.7 Å². The van der Waals surface area contributed by atoms with Crippen LogP contribution in [0.1, 0.15) is 17.7 Å². The van der Waals surface area contributed by atoms with Crippen molar-refractivity contribution in [3.63, 3.8) is 0 Å². The quantitative estimate of drug-likeness (QED) is 0.434. The molecule has 1 unspecified atom stereocenters. The molecule has 34 heavy (non-hydrogen) atoms. The van der Waals surface area contributed by atoms with Gasteiger partial charge < -0.3 is 15.0 Å². The summed E-state index contributed by atoms with van der Waals surface area (Å²) in [6, 6.07) is 23.0. The zero-order valence-electron chi connectivity index (χ0n) is 18.7. The van der Waals surface area contributed by atoms with E-state index in [1.165, 1.54) is 0 Å². The number of rotatable bonds is 6. The Morgan fingerprint density at radius 1 is 1.06 bits per heavy atom. The van der Waals surface area contributed by atoms with Crippen LogP contribution in [0.15, 0.2) is 72.8 Å². The van der Waals surface area contributed by atoms with Gasteiger partial charge in [-0.2, -0.15) is 5.10 Å². The van der Waals surface area contributed by atoms with Crippen molar-refractivity contribution in [3.05, 3.63) is 84.1 Å². The summed E-state index contributed by atoms with van der Waals surface area (Å²) in [5.41, 5.74) is 3.45. The van der Waals surface area contributed by atoms with E-state index in [9.17, 15) is 9.59 Å². The molecule has 7 heteroatoms. The van der Waals surface area contributed by atoms with Crippen molar-refractivity contribution >= 4 is 40.6 Å². The largest absolute Gasteiger partial charge is 0.457 e. The Morgan fingerprint density at radius 2 is 1.88 bits per heavy atom. The van der Waals surface area contributed by atoms with E-state index in [0.717, 1.165) is 22.2 Å². The van der Waals surface area contributed by atoms with Gasteiger partial charge in [0.05, 0.1) is 17.1 Å². The number of aromatic nitrogens is 2. The van der Waals surface area contributed by atoms with Crippen LogP contribution in [-0.4, -0.2) is 40.5 Å². The van der Waals surface area contributed by atoms with E-state index in [1.807, 2.05) is 72.8 Å². The molecule has 1 fully saturated rings. The smallest absolute Gasteiger partial charge is 0.229 e. The monoisotopic (exact) mass is 452 g/mol. The van der Waals surface area contributed by atoms with Crippen molar-refractivity contribution < 1.29 is 14.3 Å². The number of hydrogen-bond donors (Lipinski definition) is 2. The number of carbonyl (C=O) groups is 2. The molecular formula is C27H24N4O3. The van der Waals surface area contributed by atoms with E-state index < -0.39 is 0 Å². The first-order chi connectivity index (χ1) is 16.5. The number of H-pyrrole nitrogens is 1. The Hall–Kier alpha value is -4.39. The summed E-state index contributed by atoms with van der Waals surface area (Å²) in [7, 11) is 1.71. The van der Waals surface area contributed by atoms with Gasteiger partial charge in [0, 0.05) is 43.2 Å². The number of ether oxygens (including phenoxy) is 1. The summed E-state index contributed by atoms with van der Waals surface area (Å²) in [4.78, 5) is 25.8. The number of nitrogens with zero attached hydrogens (tertiary/aromatic N) is 2.